The fraction of sp³-hybridized carbons (Fsp3) is 0.0769. The number of rotatable bonds is 2. The minimum atomic E-state index is -0.125. The number of nitrogens with two attached hydrogens (primary N) is 1. The van der Waals surface area contributed by atoms with Gasteiger partial charge in [-0.05, 0) is 40.2 Å². The Morgan fingerprint density at radius 2 is 2.00 bits per heavy atom. The average molecular weight is 306 g/mol. The number of hydrogen-bond donors (Lipinski definition) is 1. The third-order valence-corrected chi connectivity index (χ3v) is 3.21. The van der Waals surface area contributed by atoms with Crippen molar-refractivity contribution < 1.29 is 4.79 Å². The van der Waals surface area contributed by atoms with Gasteiger partial charge >= 0.3 is 0 Å². The van der Waals surface area contributed by atoms with Gasteiger partial charge in [-0.1, -0.05) is 12.1 Å². The molecular formula is C13H12BrN3O. The second kappa shape index (κ2) is 5.18. The molecule has 1 amide bonds. The lowest BCUT2D eigenvalue weighted by molar-refractivity contribution is 0.0991. The minimum Gasteiger partial charge on any atom is -0.397 e. The lowest BCUT2D eigenvalue weighted by Crippen LogP contribution is -2.27. The summed E-state index contributed by atoms with van der Waals surface area (Å²) >= 11 is 3.36. The molecule has 0 saturated carbocycles. The van der Waals surface area contributed by atoms with E-state index in [-0.39, 0.29) is 5.91 Å². The van der Waals surface area contributed by atoms with Crippen molar-refractivity contribution >= 4 is 33.3 Å². The molecule has 0 radical (unpaired) electrons. The number of nitrogen functional groups attached to an aromatic ring is 1. The van der Waals surface area contributed by atoms with Gasteiger partial charge in [0.15, 0.2) is 0 Å². The summed E-state index contributed by atoms with van der Waals surface area (Å²) in [4.78, 5) is 17.9. The molecule has 4 nitrogen and oxygen atoms in total. The maximum Gasteiger partial charge on any atom is 0.260 e. The molecule has 0 unspecified atom stereocenters. The van der Waals surface area contributed by atoms with Crippen LogP contribution in [0.1, 0.15) is 10.4 Å². The summed E-state index contributed by atoms with van der Waals surface area (Å²) in [6, 6.07) is 10.7. The maximum atomic E-state index is 12.3. The third-order valence-electron chi connectivity index (χ3n) is 2.52. The van der Waals surface area contributed by atoms with E-state index in [2.05, 4.69) is 20.9 Å². The van der Waals surface area contributed by atoms with Crippen LogP contribution in [0.3, 0.4) is 0 Å². The highest BCUT2D eigenvalue weighted by atomic mass is 79.9. The number of carbonyl (C=O) groups excluding carboxylic acids is 1. The zero-order valence-electron chi connectivity index (χ0n) is 9.80. The van der Waals surface area contributed by atoms with E-state index in [1.165, 1.54) is 11.1 Å². The van der Waals surface area contributed by atoms with Crippen LogP contribution in [0.2, 0.25) is 0 Å². The van der Waals surface area contributed by atoms with Gasteiger partial charge in [-0.2, -0.15) is 0 Å². The van der Waals surface area contributed by atoms with E-state index in [4.69, 9.17) is 5.73 Å². The summed E-state index contributed by atoms with van der Waals surface area (Å²) in [5.74, 6) is 0.435. The molecule has 0 atom stereocenters. The Kier molecular flexibility index (Phi) is 3.62. The van der Waals surface area contributed by atoms with Gasteiger partial charge < -0.3 is 5.73 Å². The number of amides is 1. The number of pyridine rings is 1. The smallest absolute Gasteiger partial charge is 0.260 e. The monoisotopic (exact) mass is 305 g/mol. The fourth-order valence-corrected chi connectivity index (χ4v) is 1.97. The number of hydrogen-bond acceptors (Lipinski definition) is 3. The van der Waals surface area contributed by atoms with Gasteiger partial charge in [0.1, 0.15) is 5.82 Å². The van der Waals surface area contributed by atoms with Crippen molar-refractivity contribution in [2.45, 2.75) is 0 Å². The van der Waals surface area contributed by atoms with E-state index in [0.717, 1.165) is 4.47 Å². The van der Waals surface area contributed by atoms with E-state index in [1.807, 2.05) is 18.2 Å². The van der Waals surface area contributed by atoms with E-state index in [0.29, 0.717) is 17.1 Å². The van der Waals surface area contributed by atoms with Gasteiger partial charge in [0.2, 0.25) is 0 Å². The maximum absolute atomic E-state index is 12.3. The predicted octanol–water partition coefficient (Wildman–Crippen LogP) is 2.70. The first kappa shape index (κ1) is 12.6. The molecule has 5 heteroatoms. The fourth-order valence-electron chi connectivity index (χ4n) is 1.52. The number of carbonyl (C=O) groups is 1. The number of nitrogens with zero attached hydrogens (tertiary/aromatic N) is 2. The molecule has 2 N–H and O–H groups in total. The summed E-state index contributed by atoms with van der Waals surface area (Å²) in [7, 11) is 1.68. The molecule has 0 fully saturated rings. The highest BCUT2D eigenvalue weighted by molar-refractivity contribution is 9.10. The number of anilines is 2. The molecule has 0 bridgehead atoms. The largest absolute Gasteiger partial charge is 0.397 e. The van der Waals surface area contributed by atoms with Crippen molar-refractivity contribution in [1.29, 1.82) is 0 Å². The zero-order valence-corrected chi connectivity index (χ0v) is 11.4. The topological polar surface area (TPSA) is 59.2 Å². The first-order chi connectivity index (χ1) is 8.59. The first-order valence-corrected chi connectivity index (χ1v) is 6.13. The summed E-state index contributed by atoms with van der Waals surface area (Å²) in [5, 5.41) is 0. The van der Waals surface area contributed by atoms with Crippen molar-refractivity contribution in [2.75, 3.05) is 17.7 Å². The predicted molar refractivity (Wildman–Crippen MR) is 75.5 cm³/mol. The molecule has 0 aliphatic rings. The molecule has 1 heterocycles. The van der Waals surface area contributed by atoms with Gasteiger partial charge in [-0.3, -0.25) is 9.69 Å². The van der Waals surface area contributed by atoms with Gasteiger partial charge in [0.05, 0.1) is 17.4 Å². The molecule has 0 aliphatic heterocycles. The lowest BCUT2D eigenvalue weighted by Gasteiger charge is -2.17. The number of halogens is 1. The number of aromatic nitrogens is 1. The molecule has 1 aromatic heterocycles. The van der Waals surface area contributed by atoms with E-state index in [9.17, 15) is 4.79 Å². The van der Waals surface area contributed by atoms with Crippen LogP contribution in [0.25, 0.3) is 0 Å². The second-order valence-electron chi connectivity index (χ2n) is 3.79. The van der Waals surface area contributed by atoms with E-state index in [1.54, 1.807) is 25.2 Å². The molecular weight excluding hydrogens is 294 g/mol. The first-order valence-electron chi connectivity index (χ1n) is 5.33. The van der Waals surface area contributed by atoms with Crippen LogP contribution in [0.4, 0.5) is 11.5 Å². The second-order valence-corrected chi connectivity index (χ2v) is 4.65. The molecule has 92 valence electrons. The third kappa shape index (κ3) is 2.51. The van der Waals surface area contributed by atoms with Crippen LogP contribution in [0.5, 0.6) is 0 Å². The lowest BCUT2D eigenvalue weighted by atomic mass is 10.2. The van der Waals surface area contributed by atoms with Crippen molar-refractivity contribution in [1.82, 2.24) is 4.98 Å². The van der Waals surface area contributed by atoms with Gasteiger partial charge in [-0.25, -0.2) is 4.98 Å². The summed E-state index contributed by atoms with van der Waals surface area (Å²) in [6.45, 7) is 0. The molecule has 18 heavy (non-hydrogen) atoms. The average Bonchev–Trinajstić information content (AvgIpc) is 2.38. The van der Waals surface area contributed by atoms with Gasteiger partial charge in [0.25, 0.3) is 5.91 Å². The standard InChI is InChI=1S/C13H12BrN3O/c1-17(12-7-6-9(15)8-16-12)13(18)10-4-2-3-5-11(10)14/h2-8H,15H2,1H3. The van der Waals surface area contributed by atoms with Crippen LogP contribution in [0, 0.1) is 0 Å². The Balaban J connectivity index is 2.29. The Morgan fingerprint density at radius 3 is 2.61 bits per heavy atom. The van der Waals surface area contributed by atoms with Gasteiger partial charge in [-0.15, -0.1) is 0 Å². The molecule has 0 saturated heterocycles. The van der Waals surface area contributed by atoms with Crippen molar-refractivity contribution in [3.8, 4) is 0 Å². The molecule has 0 spiro atoms. The summed E-state index contributed by atoms with van der Waals surface area (Å²) < 4.78 is 0.761. The Labute approximate surface area is 114 Å². The molecule has 2 rings (SSSR count). The van der Waals surface area contributed by atoms with Crippen molar-refractivity contribution in [3.63, 3.8) is 0 Å². The summed E-state index contributed by atoms with van der Waals surface area (Å²) in [6.07, 6.45) is 1.53. The highest BCUT2D eigenvalue weighted by Crippen LogP contribution is 2.20. The molecule has 1 aromatic carbocycles. The van der Waals surface area contributed by atoms with Crippen molar-refractivity contribution in [2.24, 2.45) is 0 Å². The zero-order chi connectivity index (χ0) is 13.1. The van der Waals surface area contributed by atoms with Crippen LogP contribution >= 0.6 is 15.9 Å². The quantitative estimate of drug-likeness (QED) is 0.928. The normalized spacial score (nSPS) is 10.1. The molecule has 2 aromatic rings. The highest BCUT2D eigenvalue weighted by Gasteiger charge is 2.16. The van der Waals surface area contributed by atoms with Crippen LogP contribution in [0.15, 0.2) is 47.1 Å². The van der Waals surface area contributed by atoms with Crippen LogP contribution in [-0.4, -0.2) is 17.9 Å². The van der Waals surface area contributed by atoms with Crippen LogP contribution < -0.4 is 10.6 Å². The Morgan fingerprint density at radius 1 is 1.28 bits per heavy atom. The van der Waals surface area contributed by atoms with E-state index >= 15 is 0 Å². The van der Waals surface area contributed by atoms with Crippen LogP contribution in [-0.2, 0) is 0 Å². The summed E-state index contributed by atoms with van der Waals surface area (Å²) in [5.41, 5.74) is 6.73. The Bertz CT molecular complexity index is 569. The SMILES string of the molecule is CN(C(=O)c1ccccc1Br)c1ccc(N)cn1. The van der Waals surface area contributed by atoms with Crippen molar-refractivity contribution in [3.05, 3.63) is 52.6 Å². The Hall–Kier alpha value is -1.88. The molecule has 0 aliphatic carbocycles. The van der Waals surface area contributed by atoms with Gasteiger partial charge in [0, 0.05) is 11.5 Å². The number of benzene rings is 1. The minimum absolute atomic E-state index is 0.125. The van der Waals surface area contributed by atoms with E-state index < -0.39 is 0 Å².